The van der Waals surface area contributed by atoms with Crippen molar-refractivity contribution in [1.29, 1.82) is 0 Å². The van der Waals surface area contributed by atoms with Crippen LogP contribution in [-0.2, 0) is 9.53 Å². The van der Waals surface area contributed by atoms with E-state index < -0.39 is 5.97 Å². The molecule has 3 rings (SSSR count). The topological polar surface area (TPSA) is 55.4 Å². The third-order valence-corrected chi connectivity index (χ3v) is 4.69. The summed E-state index contributed by atoms with van der Waals surface area (Å²) in [5.74, 6) is -1.30. The number of methoxy groups -OCH3 is 1. The Morgan fingerprint density at radius 1 is 1.07 bits per heavy atom. The second-order valence-corrected chi connectivity index (χ2v) is 6.46. The van der Waals surface area contributed by atoms with Crippen LogP contribution in [0.25, 0.3) is 17.2 Å². The van der Waals surface area contributed by atoms with Crippen LogP contribution >= 0.6 is 11.3 Å². The van der Waals surface area contributed by atoms with Crippen molar-refractivity contribution in [2.45, 2.75) is 0 Å². The summed E-state index contributed by atoms with van der Waals surface area (Å²) in [7, 11) is 1.27. The second kappa shape index (κ2) is 8.42. The third-order valence-electron chi connectivity index (χ3n) is 3.80. The van der Waals surface area contributed by atoms with Gasteiger partial charge in [-0.05, 0) is 29.3 Å². The second-order valence-electron chi connectivity index (χ2n) is 5.59. The number of benzene rings is 2. The minimum absolute atomic E-state index is 0.246. The molecular formula is C21H16FNO3S. The average molecular weight is 381 g/mol. The number of anilines is 1. The molecule has 0 saturated heterocycles. The molecule has 4 nitrogen and oxygen atoms in total. The maximum Gasteiger partial charge on any atom is 0.341 e. The Kier molecular flexibility index (Phi) is 5.78. The molecule has 3 aromatic rings. The number of amides is 1. The van der Waals surface area contributed by atoms with Gasteiger partial charge in [-0.3, -0.25) is 4.79 Å². The molecule has 0 fully saturated rings. The summed E-state index contributed by atoms with van der Waals surface area (Å²) in [6.07, 6.45) is 3.08. The predicted octanol–water partition coefficient (Wildman–Crippen LogP) is 4.99. The van der Waals surface area contributed by atoms with Crippen LogP contribution in [0.2, 0.25) is 0 Å². The highest BCUT2D eigenvalue weighted by Crippen LogP contribution is 2.36. The number of esters is 1. The molecule has 0 aliphatic heterocycles. The number of carbonyl (C=O) groups is 2. The highest BCUT2D eigenvalue weighted by atomic mass is 32.1. The zero-order valence-corrected chi connectivity index (χ0v) is 15.3. The number of thiophene rings is 1. The number of nitrogens with one attached hydrogen (secondary N) is 1. The van der Waals surface area contributed by atoms with Gasteiger partial charge in [-0.2, -0.15) is 0 Å². The molecule has 1 heterocycles. The van der Waals surface area contributed by atoms with E-state index in [-0.39, 0.29) is 17.3 Å². The minimum atomic E-state index is -0.571. The summed E-state index contributed by atoms with van der Waals surface area (Å²) in [6.45, 7) is 0. The monoisotopic (exact) mass is 381 g/mol. The van der Waals surface area contributed by atoms with Crippen LogP contribution in [-0.4, -0.2) is 19.0 Å². The summed E-state index contributed by atoms with van der Waals surface area (Å²) in [6, 6.07) is 15.2. The maximum absolute atomic E-state index is 13.2. The van der Waals surface area contributed by atoms with E-state index in [9.17, 15) is 14.0 Å². The zero-order valence-electron chi connectivity index (χ0n) is 14.4. The summed E-state index contributed by atoms with van der Waals surface area (Å²) in [5.41, 5.74) is 2.37. The van der Waals surface area contributed by atoms with Gasteiger partial charge in [-0.1, -0.05) is 42.5 Å². The first-order valence-electron chi connectivity index (χ1n) is 8.08. The van der Waals surface area contributed by atoms with Gasteiger partial charge in [0.25, 0.3) is 0 Å². The maximum atomic E-state index is 13.2. The lowest BCUT2D eigenvalue weighted by Gasteiger charge is -2.06. The quantitative estimate of drug-likeness (QED) is 0.500. The number of carbonyl (C=O) groups excluding carboxylic acids is 2. The molecule has 27 heavy (non-hydrogen) atoms. The van der Waals surface area contributed by atoms with Gasteiger partial charge < -0.3 is 10.1 Å². The molecule has 6 heteroatoms. The van der Waals surface area contributed by atoms with Crippen LogP contribution in [0, 0.1) is 5.82 Å². The van der Waals surface area contributed by atoms with E-state index in [1.165, 1.54) is 36.7 Å². The van der Waals surface area contributed by atoms with Crippen molar-refractivity contribution in [2.24, 2.45) is 0 Å². The van der Waals surface area contributed by atoms with Crippen molar-refractivity contribution in [3.8, 4) is 11.1 Å². The van der Waals surface area contributed by atoms with Gasteiger partial charge in [-0.15, -0.1) is 11.3 Å². The fourth-order valence-electron chi connectivity index (χ4n) is 2.49. The molecule has 0 saturated carbocycles. The number of rotatable bonds is 5. The van der Waals surface area contributed by atoms with Crippen LogP contribution in [0.5, 0.6) is 0 Å². The van der Waals surface area contributed by atoms with Crippen LogP contribution in [0.15, 0.2) is 66.1 Å². The van der Waals surface area contributed by atoms with Gasteiger partial charge in [-0.25, -0.2) is 9.18 Å². The number of ether oxygens (including phenoxy) is 1. The van der Waals surface area contributed by atoms with Crippen LogP contribution < -0.4 is 5.32 Å². The van der Waals surface area contributed by atoms with Crippen molar-refractivity contribution in [2.75, 3.05) is 12.4 Å². The van der Waals surface area contributed by atoms with E-state index in [4.69, 9.17) is 4.74 Å². The van der Waals surface area contributed by atoms with Gasteiger partial charge in [0.15, 0.2) is 0 Å². The molecule has 0 unspecified atom stereocenters. The first kappa shape index (κ1) is 18.5. The van der Waals surface area contributed by atoms with Gasteiger partial charge in [0.2, 0.25) is 5.91 Å². The van der Waals surface area contributed by atoms with E-state index in [1.54, 1.807) is 23.6 Å². The van der Waals surface area contributed by atoms with E-state index in [0.29, 0.717) is 16.1 Å². The average Bonchev–Trinajstić information content (AvgIpc) is 3.10. The summed E-state index contributed by atoms with van der Waals surface area (Å²) >= 11 is 1.21. The van der Waals surface area contributed by atoms with Gasteiger partial charge >= 0.3 is 5.97 Å². The molecule has 136 valence electrons. The predicted molar refractivity (Wildman–Crippen MR) is 105 cm³/mol. The highest BCUT2D eigenvalue weighted by Gasteiger charge is 2.21. The molecule has 0 aliphatic rings. The van der Waals surface area contributed by atoms with Crippen LogP contribution in [0.3, 0.4) is 0 Å². The van der Waals surface area contributed by atoms with E-state index >= 15 is 0 Å². The highest BCUT2D eigenvalue weighted by molar-refractivity contribution is 7.15. The lowest BCUT2D eigenvalue weighted by atomic mass is 10.0. The summed E-state index contributed by atoms with van der Waals surface area (Å²) in [5, 5.41) is 4.83. The standard InChI is InChI=1S/C21H16FNO3S/c1-26-21(25)19-17(15-8-10-16(22)11-9-15)13-27-20(19)23-18(24)12-7-14-5-3-2-4-6-14/h2-13H,1H3,(H,23,24)/b12-7+. The minimum Gasteiger partial charge on any atom is -0.465 e. The lowest BCUT2D eigenvalue weighted by Crippen LogP contribution is -2.11. The number of hydrogen-bond donors (Lipinski definition) is 1. The van der Waals surface area contributed by atoms with Crippen molar-refractivity contribution >= 4 is 34.3 Å². The van der Waals surface area contributed by atoms with Crippen LogP contribution in [0.4, 0.5) is 9.39 Å². The normalized spacial score (nSPS) is 10.7. The molecular weight excluding hydrogens is 365 g/mol. The SMILES string of the molecule is COC(=O)c1c(-c2ccc(F)cc2)csc1NC(=O)/C=C/c1ccccc1. The van der Waals surface area contributed by atoms with E-state index in [0.717, 1.165) is 5.56 Å². The van der Waals surface area contributed by atoms with Crippen molar-refractivity contribution in [3.63, 3.8) is 0 Å². The number of halogens is 1. The van der Waals surface area contributed by atoms with E-state index in [1.807, 2.05) is 30.3 Å². The smallest absolute Gasteiger partial charge is 0.341 e. The fourth-order valence-corrected chi connectivity index (χ4v) is 3.45. The Bertz CT molecular complexity index is 978. The molecule has 0 bridgehead atoms. The first-order valence-corrected chi connectivity index (χ1v) is 8.96. The van der Waals surface area contributed by atoms with Gasteiger partial charge in [0, 0.05) is 17.0 Å². The van der Waals surface area contributed by atoms with Gasteiger partial charge in [0.05, 0.1) is 7.11 Å². The van der Waals surface area contributed by atoms with Gasteiger partial charge in [0.1, 0.15) is 16.4 Å². The molecule has 2 aromatic carbocycles. The van der Waals surface area contributed by atoms with E-state index in [2.05, 4.69) is 5.32 Å². The summed E-state index contributed by atoms with van der Waals surface area (Å²) < 4.78 is 18.0. The lowest BCUT2D eigenvalue weighted by molar-refractivity contribution is -0.111. The Morgan fingerprint density at radius 2 is 1.78 bits per heavy atom. The Hall–Kier alpha value is -3.25. The Morgan fingerprint density at radius 3 is 2.44 bits per heavy atom. The molecule has 1 amide bonds. The molecule has 0 radical (unpaired) electrons. The molecule has 1 N–H and O–H groups in total. The van der Waals surface area contributed by atoms with Crippen LogP contribution in [0.1, 0.15) is 15.9 Å². The largest absolute Gasteiger partial charge is 0.465 e. The van der Waals surface area contributed by atoms with Crippen molar-refractivity contribution < 1.29 is 18.7 Å². The molecule has 1 aromatic heterocycles. The van der Waals surface area contributed by atoms with Crippen molar-refractivity contribution in [1.82, 2.24) is 0 Å². The molecule has 0 aliphatic carbocycles. The third kappa shape index (κ3) is 4.48. The van der Waals surface area contributed by atoms with Crippen molar-refractivity contribution in [3.05, 3.63) is 83.0 Å². The Labute approximate surface area is 159 Å². The zero-order chi connectivity index (χ0) is 19.2. The summed E-state index contributed by atoms with van der Waals surface area (Å²) in [4.78, 5) is 24.5. The molecule has 0 spiro atoms. The molecule has 0 atom stereocenters. The Balaban J connectivity index is 1.87. The first-order chi connectivity index (χ1) is 13.1. The number of hydrogen-bond acceptors (Lipinski definition) is 4. The fraction of sp³-hybridized carbons (Fsp3) is 0.0476.